The van der Waals surface area contributed by atoms with Gasteiger partial charge in [-0.3, -0.25) is 10.1 Å². The van der Waals surface area contributed by atoms with Crippen molar-refractivity contribution in [3.8, 4) is 0 Å². The van der Waals surface area contributed by atoms with Crippen molar-refractivity contribution in [3.63, 3.8) is 0 Å². The normalized spacial score (nSPS) is 17.4. The van der Waals surface area contributed by atoms with E-state index < -0.39 is 0 Å². The Morgan fingerprint density at radius 3 is 2.82 bits per heavy atom. The summed E-state index contributed by atoms with van der Waals surface area (Å²) in [6, 6.07) is 1.65. The lowest BCUT2D eigenvalue weighted by molar-refractivity contribution is -0.121. The van der Waals surface area contributed by atoms with Gasteiger partial charge >= 0.3 is 0 Å². The van der Waals surface area contributed by atoms with Crippen molar-refractivity contribution < 1.29 is 4.79 Å². The van der Waals surface area contributed by atoms with Crippen LogP contribution in [0.2, 0.25) is 5.15 Å². The molecule has 0 aliphatic carbocycles. The molecule has 1 aromatic heterocycles. The largest absolute Gasteiger partial charge is 0.316 e. The summed E-state index contributed by atoms with van der Waals surface area (Å²) in [4.78, 5) is 20.0. The van der Waals surface area contributed by atoms with Crippen molar-refractivity contribution in [1.29, 1.82) is 0 Å². The maximum Gasteiger partial charge on any atom is 0.231 e. The maximum atomic E-state index is 11.9. The van der Waals surface area contributed by atoms with E-state index in [1.807, 2.05) is 13.8 Å². The van der Waals surface area contributed by atoms with E-state index in [2.05, 4.69) is 20.6 Å². The van der Waals surface area contributed by atoms with Crippen molar-refractivity contribution in [1.82, 2.24) is 15.3 Å². The number of hydrogen-bond donors (Lipinski definition) is 2. The third kappa shape index (κ3) is 2.92. The Morgan fingerprint density at radius 2 is 2.29 bits per heavy atom. The standard InChI is InChI=1S/C11H15ClN4O/c1-6-3-9(12)15-11(14-6)16-10(17)7(2)8-4-13-5-8/h3,7-8,13H,4-5H2,1-2H3,(H,14,15,16,17). The van der Waals surface area contributed by atoms with E-state index in [4.69, 9.17) is 11.6 Å². The molecule has 2 N–H and O–H groups in total. The third-order valence-corrected chi connectivity index (χ3v) is 3.19. The molecule has 0 bridgehead atoms. The van der Waals surface area contributed by atoms with Crippen LogP contribution in [0.5, 0.6) is 0 Å². The molecule has 1 unspecified atom stereocenters. The summed E-state index contributed by atoms with van der Waals surface area (Å²) in [6.07, 6.45) is 0. The van der Waals surface area contributed by atoms with Gasteiger partial charge in [0.25, 0.3) is 0 Å². The van der Waals surface area contributed by atoms with Gasteiger partial charge in [-0.25, -0.2) is 9.97 Å². The number of carbonyl (C=O) groups is 1. The fourth-order valence-electron chi connectivity index (χ4n) is 1.69. The predicted octanol–water partition coefficient (Wildman–Crippen LogP) is 1.23. The van der Waals surface area contributed by atoms with Crippen LogP contribution in [0.4, 0.5) is 5.95 Å². The van der Waals surface area contributed by atoms with E-state index in [-0.39, 0.29) is 17.8 Å². The average molecular weight is 255 g/mol. The predicted molar refractivity (Wildman–Crippen MR) is 65.9 cm³/mol. The van der Waals surface area contributed by atoms with E-state index >= 15 is 0 Å². The van der Waals surface area contributed by atoms with Crippen LogP contribution in [-0.2, 0) is 4.79 Å². The monoisotopic (exact) mass is 254 g/mol. The molecule has 1 amide bonds. The molecule has 0 spiro atoms. The van der Waals surface area contributed by atoms with Crippen LogP contribution in [0.1, 0.15) is 12.6 Å². The van der Waals surface area contributed by atoms with E-state index in [1.54, 1.807) is 6.07 Å². The molecule has 1 aliphatic heterocycles. The molecule has 1 fully saturated rings. The van der Waals surface area contributed by atoms with Crippen molar-refractivity contribution in [2.24, 2.45) is 11.8 Å². The molecular formula is C11H15ClN4O. The van der Waals surface area contributed by atoms with Crippen LogP contribution in [0.25, 0.3) is 0 Å². The maximum absolute atomic E-state index is 11.9. The smallest absolute Gasteiger partial charge is 0.231 e. The second-order valence-electron chi connectivity index (χ2n) is 4.35. The van der Waals surface area contributed by atoms with Gasteiger partial charge in [-0.2, -0.15) is 0 Å². The van der Waals surface area contributed by atoms with Gasteiger partial charge in [0, 0.05) is 11.6 Å². The van der Waals surface area contributed by atoms with E-state index in [0.717, 1.165) is 18.8 Å². The number of nitrogens with zero attached hydrogens (tertiary/aromatic N) is 2. The van der Waals surface area contributed by atoms with Gasteiger partial charge < -0.3 is 5.32 Å². The molecule has 17 heavy (non-hydrogen) atoms. The quantitative estimate of drug-likeness (QED) is 0.797. The van der Waals surface area contributed by atoms with Gasteiger partial charge in [-0.1, -0.05) is 18.5 Å². The number of amides is 1. The number of anilines is 1. The number of carbonyl (C=O) groups excluding carboxylic acids is 1. The SMILES string of the molecule is Cc1cc(Cl)nc(NC(=O)C(C)C2CNC2)n1. The zero-order valence-corrected chi connectivity index (χ0v) is 10.6. The summed E-state index contributed by atoms with van der Waals surface area (Å²) in [5.41, 5.74) is 0.735. The lowest BCUT2D eigenvalue weighted by Gasteiger charge is -2.31. The van der Waals surface area contributed by atoms with Crippen LogP contribution in [0, 0.1) is 18.8 Å². The second-order valence-corrected chi connectivity index (χ2v) is 4.74. The minimum absolute atomic E-state index is 0.0425. The average Bonchev–Trinajstić information content (AvgIpc) is 2.12. The van der Waals surface area contributed by atoms with Crippen LogP contribution >= 0.6 is 11.6 Å². The van der Waals surface area contributed by atoms with Gasteiger partial charge in [0.1, 0.15) is 5.15 Å². The molecule has 1 saturated heterocycles. The number of rotatable bonds is 3. The highest BCUT2D eigenvalue weighted by molar-refractivity contribution is 6.29. The molecule has 0 aromatic carbocycles. The van der Waals surface area contributed by atoms with Gasteiger partial charge in [0.15, 0.2) is 0 Å². The Morgan fingerprint density at radius 1 is 1.59 bits per heavy atom. The molecule has 1 aliphatic rings. The fourth-order valence-corrected chi connectivity index (χ4v) is 1.93. The fraction of sp³-hybridized carbons (Fsp3) is 0.545. The van der Waals surface area contributed by atoms with Crippen molar-refractivity contribution in [3.05, 3.63) is 16.9 Å². The van der Waals surface area contributed by atoms with Gasteiger partial charge in [-0.05, 0) is 32.0 Å². The molecule has 0 radical (unpaired) electrons. The molecule has 1 aromatic rings. The Bertz CT molecular complexity index is 413. The zero-order chi connectivity index (χ0) is 12.4. The van der Waals surface area contributed by atoms with E-state index in [1.165, 1.54) is 0 Å². The minimum atomic E-state index is -0.0573. The molecule has 6 heteroatoms. The highest BCUT2D eigenvalue weighted by Gasteiger charge is 2.29. The molecule has 5 nitrogen and oxygen atoms in total. The summed E-state index contributed by atoms with van der Waals surface area (Å²) in [5.74, 6) is 0.576. The first kappa shape index (κ1) is 12.3. The molecular weight excluding hydrogens is 240 g/mol. The molecule has 0 saturated carbocycles. The number of halogens is 1. The first-order chi connectivity index (χ1) is 8.06. The molecule has 2 rings (SSSR count). The number of aryl methyl sites for hydroxylation is 1. The van der Waals surface area contributed by atoms with Crippen LogP contribution in [0.15, 0.2) is 6.07 Å². The Balaban J connectivity index is 2.01. The second kappa shape index (κ2) is 4.98. The highest BCUT2D eigenvalue weighted by Crippen LogP contribution is 2.18. The number of aromatic nitrogens is 2. The van der Waals surface area contributed by atoms with Crippen LogP contribution in [-0.4, -0.2) is 29.0 Å². The summed E-state index contributed by atoms with van der Waals surface area (Å²) >= 11 is 5.80. The van der Waals surface area contributed by atoms with Gasteiger partial charge in [0.05, 0.1) is 0 Å². The van der Waals surface area contributed by atoms with Crippen molar-refractivity contribution in [2.45, 2.75) is 13.8 Å². The molecule has 1 atom stereocenters. The number of nitrogens with one attached hydrogen (secondary N) is 2. The Kier molecular flexibility index (Phi) is 3.59. The highest BCUT2D eigenvalue weighted by atomic mass is 35.5. The first-order valence-corrected chi connectivity index (χ1v) is 5.97. The lowest BCUT2D eigenvalue weighted by atomic mass is 9.88. The van der Waals surface area contributed by atoms with Crippen LogP contribution in [0.3, 0.4) is 0 Å². The van der Waals surface area contributed by atoms with Gasteiger partial charge in [0.2, 0.25) is 11.9 Å². The number of hydrogen-bond acceptors (Lipinski definition) is 4. The summed E-state index contributed by atoms with van der Waals surface area (Å²) in [5, 5.41) is 6.18. The minimum Gasteiger partial charge on any atom is -0.316 e. The Labute approximate surface area is 105 Å². The van der Waals surface area contributed by atoms with E-state index in [0.29, 0.717) is 11.1 Å². The topological polar surface area (TPSA) is 66.9 Å². The van der Waals surface area contributed by atoms with Crippen molar-refractivity contribution >= 4 is 23.5 Å². The first-order valence-electron chi connectivity index (χ1n) is 5.59. The summed E-state index contributed by atoms with van der Waals surface area (Å²) in [7, 11) is 0. The summed E-state index contributed by atoms with van der Waals surface area (Å²) in [6.45, 7) is 5.51. The summed E-state index contributed by atoms with van der Waals surface area (Å²) < 4.78 is 0. The molecule has 2 heterocycles. The lowest BCUT2D eigenvalue weighted by Crippen LogP contribution is -2.48. The van der Waals surface area contributed by atoms with Crippen LogP contribution < -0.4 is 10.6 Å². The van der Waals surface area contributed by atoms with Crippen molar-refractivity contribution in [2.75, 3.05) is 18.4 Å². The zero-order valence-electron chi connectivity index (χ0n) is 9.83. The van der Waals surface area contributed by atoms with Gasteiger partial charge in [-0.15, -0.1) is 0 Å². The van der Waals surface area contributed by atoms with E-state index in [9.17, 15) is 4.79 Å². The Hall–Kier alpha value is -1.20. The third-order valence-electron chi connectivity index (χ3n) is 2.99. The molecule has 92 valence electrons.